The summed E-state index contributed by atoms with van der Waals surface area (Å²) in [5.41, 5.74) is 0.821. The Kier molecular flexibility index (Phi) is 7.32. The van der Waals surface area contributed by atoms with E-state index in [1.165, 1.54) is 7.11 Å². The molecule has 0 spiro atoms. The maximum absolute atomic E-state index is 12.2. The van der Waals surface area contributed by atoms with Gasteiger partial charge in [0.25, 0.3) is 0 Å². The van der Waals surface area contributed by atoms with Gasteiger partial charge in [-0.3, -0.25) is 4.79 Å². The summed E-state index contributed by atoms with van der Waals surface area (Å²) in [7, 11) is 2.93. The van der Waals surface area contributed by atoms with Crippen molar-refractivity contribution in [2.45, 2.75) is 31.7 Å². The van der Waals surface area contributed by atoms with E-state index < -0.39 is 6.04 Å². The van der Waals surface area contributed by atoms with Crippen molar-refractivity contribution in [2.75, 3.05) is 20.8 Å². The Morgan fingerprint density at radius 2 is 1.96 bits per heavy atom. The highest BCUT2D eigenvalue weighted by Gasteiger charge is 2.20. The van der Waals surface area contributed by atoms with E-state index >= 15 is 0 Å². The molecule has 2 atom stereocenters. The number of methoxy groups -OCH3 is 2. The normalized spacial score (nSPS) is 17.4. The molecular formula is C19H26N2O4. The summed E-state index contributed by atoms with van der Waals surface area (Å²) in [6, 6.07) is 6.53. The minimum atomic E-state index is -0.454. The zero-order valence-corrected chi connectivity index (χ0v) is 14.8. The first-order valence-corrected chi connectivity index (χ1v) is 8.52. The molecule has 0 aliphatic heterocycles. The van der Waals surface area contributed by atoms with Gasteiger partial charge in [-0.25, -0.2) is 4.79 Å². The van der Waals surface area contributed by atoms with Crippen molar-refractivity contribution in [1.29, 1.82) is 0 Å². The Morgan fingerprint density at radius 1 is 1.20 bits per heavy atom. The SMILES string of the molecule is COC(=O)CC(NC(=O)NCC1CC=CCC1)c1ccc(OC)cc1. The number of allylic oxidation sites excluding steroid dienone is 2. The number of nitrogens with one attached hydrogen (secondary N) is 2. The highest BCUT2D eigenvalue weighted by molar-refractivity contribution is 5.76. The molecule has 0 saturated carbocycles. The van der Waals surface area contributed by atoms with Crippen molar-refractivity contribution in [2.24, 2.45) is 5.92 Å². The summed E-state index contributed by atoms with van der Waals surface area (Å²) in [6.45, 7) is 0.629. The summed E-state index contributed by atoms with van der Waals surface area (Å²) in [4.78, 5) is 23.9. The largest absolute Gasteiger partial charge is 0.497 e. The fraction of sp³-hybridized carbons (Fsp3) is 0.474. The van der Waals surface area contributed by atoms with Gasteiger partial charge in [0.15, 0.2) is 0 Å². The zero-order chi connectivity index (χ0) is 18.1. The van der Waals surface area contributed by atoms with Gasteiger partial charge >= 0.3 is 12.0 Å². The van der Waals surface area contributed by atoms with E-state index in [0.717, 1.165) is 30.6 Å². The third-order valence-electron chi connectivity index (χ3n) is 4.35. The second-order valence-electron chi connectivity index (χ2n) is 6.11. The first kappa shape index (κ1) is 18.8. The van der Waals surface area contributed by atoms with Gasteiger partial charge in [0.05, 0.1) is 26.7 Å². The smallest absolute Gasteiger partial charge is 0.315 e. The van der Waals surface area contributed by atoms with Gasteiger partial charge in [0.1, 0.15) is 5.75 Å². The van der Waals surface area contributed by atoms with Crippen LogP contribution in [0.15, 0.2) is 36.4 Å². The Bertz CT molecular complexity index is 598. The van der Waals surface area contributed by atoms with Gasteiger partial charge in [-0.05, 0) is 42.9 Å². The van der Waals surface area contributed by atoms with Crippen LogP contribution in [0.3, 0.4) is 0 Å². The van der Waals surface area contributed by atoms with Crippen LogP contribution in [-0.4, -0.2) is 32.8 Å². The molecule has 136 valence electrons. The molecule has 0 radical (unpaired) electrons. The average Bonchev–Trinajstić information content (AvgIpc) is 2.66. The number of amides is 2. The van der Waals surface area contributed by atoms with Crippen LogP contribution in [0.2, 0.25) is 0 Å². The van der Waals surface area contributed by atoms with Crippen molar-refractivity contribution in [1.82, 2.24) is 10.6 Å². The van der Waals surface area contributed by atoms with Crippen molar-refractivity contribution < 1.29 is 19.1 Å². The maximum atomic E-state index is 12.2. The molecule has 2 N–H and O–H groups in total. The van der Waals surface area contributed by atoms with Crippen LogP contribution >= 0.6 is 0 Å². The first-order chi connectivity index (χ1) is 12.1. The van der Waals surface area contributed by atoms with E-state index in [1.807, 2.05) is 12.1 Å². The molecule has 0 aromatic heterocycles. The Labute approximate surface area is 148 Å². The molecule has 0 fully saturated rings. The summed E-state index contributed by atoms with van der Waals surface area (Å²) in [5, 5.41) is 5.77. The molecule has 1 aromatic carbocycles. The quantitative estimate of drug-likeness (QED) is 0.588. The molecule has 1 aliphatic rings. The number of urea groups is 1. The number of rotatable bonds is 7. The average molecular weight is 346 g/mol. The fourth-order valence-electron chi connectivity index (χ4n) is 2.83. The van der Waals surface area contributed by atoms with Gasteiger partial charge in [-0.2, -0.15) is 0 Å². The minimum Gasteiger partial charge on any atom is -0.497 e. The van der Waals surface area contributed by atoms with Crippen molar-refractivity contribution in [3.8, 4) is 5.75 Å². The monoisotopic (exact) mass is 346 g/mol. The number of ether oxygens (including phenoxy) is 2. The fourth-order valence-corrected chi connectivity index (χ4v) is 2.83. The predicted molar refractivity (Wildman–Crippen MR) is 95.4 cm³/mol. The van der Waals surface area contributed by atoms with E-state index in [1.54, 1.807) is 19.2 Å². The second kappa shape index (κ2) is 9.71. The summed E-state index contributed by atoms with van der Waals surface area (Å²) in [6.07, 6.45) is 7.54. The van der Waals surface area contributed by atoms with E-state index in [9.17, 15) is 9.59 Å². The van der Waals surface area contributed by atoms with Crippen LogP contribution in [0.4, 0.5) is 4.79 Å². The molecule has 2 amide bonds. The molecule has 1 aliphatic carbocycles. The second-order valence-corrected chi connectivity index (χ2v) is 6.11. The summed E-state index contributed by atoms with van der Waals surface area (Å²) in [5.74, 6) is 0.810. The van der Waals surface area contributed by atoms with Crippen LogP contribution in [0.1, 0.15) is 37.3 Å². The minimum absolute atomic E-state index is 0.0718. The highest BCUT2D eigenvalue weighted by atomic mass is 16.5. The molecule has 6 nitrogen and oxygen atoms in total. The molecule has 1 aromatic rings. The predicted octanol–water partition coefficient (Wildman–Crippen LogP) is 2.95. The summed E-state index contributed by atoms with van der Waals surface area (Å²) < 4.78 is 9.88. The first-order valence-electron chi connectivity index (χ1n) is 8.52. The number of benzene rings is 1. The van der Waals surface area contributed by atoms with Crippen LogP contribution in [-0.2, 0) is 9.53 Å². The third kappa shape index (κ3) is 6.14. The number of esters is 1. The number of hydrogen-bond donors (Lipinski definition) is 2. The van der Waals surface area contributed by atoms with E-state index in [2.05, 4.69) is 22.8 Å². The molecule has 0 saturated heterocycles. The standard InChI is InChI=1S/C19H26N2O4/c1-24-16-10-8-15(9-11-16)17(12-18(22)25-2)21-19(23)20-13-14-6-4-3-5-7-14/h3-4,8-11,14,17H,5-7,12-13H2,1-2H3,(H2,20,21,23). The molecule has 25 heavy (non-hydrogen) atoms. The molecule has 2 rings (SSSR count). The van der Waals surface area contributed by atoms with Crippen LogP contribution < -0.4 is 15.4 Å². The lowest BCUT2D eigenvalue weighted by molar-refractivity contribution is -0.141. The Balaban J connectivity index is 1.95. The topological polar surface area (TPSA) is 76.7 Å². The highest BCUT2D eigenvalue weighted by Crippen LogP contribution is 2.21. The maximum Gasteiger partial charge on any atom is 0.315 e. The molecule has 0 bridgehead atoms. The zero-order valence-electron chi connectivity index (χ0n) is 14.8. The Morgan fingerprint density at radius 3 is 2.56 bits per heavy atom. The molecule has 6 heteroatoms. The molecule has 2 unspecified atom stereocenters. The van der Waals surface area contributed by atoms with Gasteiger partial charge in [-0.1, -0.05) is 24.3 Å². The lowest BCUT2D eigenvalue weighted by Gasteiger charge is -2.21. The van der Waals surface area contributed by atoms with Crippen molar-refractivity contribution in [3.63, 3.8) is 0 Å². The van der Waals surface area contributed by atoms with Crippen LogP contribution in [0.5, 0.6) is 5.75 Å². The third-order valence-corrected chi connectivity index (χ3v) is 4.35. The lowest BCUT2D eigenvalue weighted by Crippen LogP contribution is -2.41. The van der Waals surface area contributed by atoms with Crippen LogP contribution in [0.25, 0.3) is 0 Å². The summed E-state index contributed by atoms with van der Waals surface area (Å²) >= 11 is 0. The molecular weight excluding hydrogens is 320 g/mol. The number of carbonyl (C=O) groups excluding carboxylic acids is 2. The van der Waals surface area contributed by atoms with E-state index in [-0.39, 0.29) is 18.4 Å². The Hall–Kier alpha value is -2.50. The number of hydrogen-bond acceptors (Lipinski definition) is 4. The molecule has 0 heterocycles. The lowest BCUT2D eigenvalue weighted by atomic mass is 9.94. The van der Waals surface area contributed by atoms with Gasteiger partial charge in [0, 0.05) is 6.54 Å². The van der Waals surface area contributed by atoms with Gasteiger partial charge in [-0.15, -0.1) is 0 Å². The van der Waals surface area contributed by atoms with E-state index in [4.69, 9.17) is 9.47 Å². The van der Waals surface area contributed by atoms with Crippen molar-refractivity contribution in [3.05, 3.63) is 42.0 Å². The van der Waals surface area contributed by atoms with Crippen LogP contribution in [0, 0.1) is 5.92 Å². The van der Waals surface area contributed by atoms with E-state index in [0.29, 0.717) is 12.5 Å². The van der Waals surface area contributed by atoms with Crippen molar-refractivity contribution >= 4 is 12.0 Å². The van der Waals surface area contributed by atoms with Gasteiger partial charge in [0.2, 0.25) is 0 Å². The number of carbonyl (C=O) groups is 2. The van der Waals surface area contributed by atoms with Gasteiger partial charge < -0.3 is 20.1 Å².